The van der Waals surface area contributed by atoms with Gasteiger partial charge in [-0.2, -0.15) is 5.10 Å². The van der Waals surface area contributed by atoms with Gasteiger partial charge in [-0.25, -0.2) is 4.99 Å². The van der Waals surface area contributed by atoms with Crippen LogP contribution >= 0.6 is 11.3 Å². The van der Waals surface area contributed by atoms with Gasteiger partial charge in [-0.15, -0.1) is 24.5 Å². The highest BCUT2D eigenvalue weighted by Crippen LogP contribution is 2.32. The van der Waals surface area contributed by atoms with Crippen LogP contribution in [0.3, 0.4) is 0 Å². The molecule has 0 amide bonds. The van der Waals surface area contributed by atoms with Crippen LogP contribution < -0.4 is 10.2 Å². The molecular weight excluding hydrogens is 377 g/mol. The van der Waals surface area contributed by atoms with Gasteiger partial charge in [0.15, 0.2) is 5.84 Å². The maximum Gasteiger partial charge on any atom is 0.573 e. The van der Waals surface area contributed by atoms with E-state index in [1.807, 2.05) is 17.5 Å². The number of halogens is 3. The fraction of sp³-hybridized carbons (Fsp3) is 0.0556. The molecule has 0 spiro atoms. The second-order valence-electron chi connectivity index (χ2n) is 5.48. The standard InChI is InChI=1S/C18H11F3N4OS/c19-18(20,21)26-12-5-6-14-13(9-12)16(11-3-1-7-22-10-11)24-25-17(23-14)15-4-2-8-27-15/h1-10H,(H,23,25). The van der Waals surface area contributed by atoms with Gasteiger partial charge >= 0.3 is 6.36 Å². The topological polar surface area (TPSA) is 58.9 Å². The lowest BCUT2D eigenvalue weighted by atomic mass is 10.0. The smallest absolute Gasteiger partial charge is 0.406 e. The predicted octanol–water partition coefficient (Wildman–Crippen LogP) is 4.48. The van der Waals surface area contributed by atoms with Crippen LogP contribution in [0.15, 0.2) is 70.3 Å². The Kier molecular flexibility index (Phi) is 4.36. The first-order chi connectivity index (χ1) is 13.0. The lowest BCUT2D eigenvalue weighted by Crippen LogP contribution is -2.19. The fourth-order valence-electron chi connectivity index (χ4n) is 2.56. The molecule has 0 saturated heterocycles. The van der Waals surface area contributed by atoms with Crippen molar-refractivity contribution in [2.45, 2.75) is 6.36 Å². The predicted molar refractivity (Wildman–Crippen MR) is 96.7 cm³/mol. The van der Waals surface area contributed by atoms with Crippen molar-refractivity contribution in [3.05, 3.63) is 76.2 Å². The Labute approximate surface area is 155 Å². The highest BCUT2D eigenvalue weighted by atomic mass is 32.1. The van der Waals surface area contributed by atoms with Crippen LogP contribution in [-0.4, -0.2) is 22.9 Å². The SMILES string of the molecule is FC(F)(F)Oc1ccc2c(c1)C(c1cccnc1)=NNC(c1cccs1)=N2. The third-order valence-corrected chi connectivity index (χ3v) is 4.53. The van der Waals surface area contributed by atoms with Crippen LogP contribution in [0.5, 0.6) is 5.75 Å². The largest absolute Gasteiger partial charge is 0.573 e. The van der Waals surface area contributed by atoms with E-state index in [9.17, 15) is 13.2 Å². The number of aromatic nitrogens is 1. The molecule has 1 aliphatic rings. The van der Waals surface area contributed by atoms with Crippen molar-refractivity contribution < 1.29 is 17.9 Å². The maximum absolute atomic E-state index is 12.6. The Morgan fingerprint density at radius 1 is 1.07 bits per heavy atom. The monoisotopic (exact) mass is 388 g/mol. The summed E-state index contributed by atoms with van der Waals surface area (Å²) in [6, 6.07) is 11.2. The summed E-state index contributed by atoms with van der Waals surface area (Å²) >= 11 is 1.47. The van der Waals surface area contributed by atoms with Gasteiger partial charge in [0.2, 0.25) is 0 Å². The van der Waals surface area contributed by atoms with E-state index < -0.39 is 6.36 Å². The number of thiophene rings is 1. The molecule has 1 aliphatic heterocycles. The second kappa shape index (κ2) is 6.84. The van der Waals surface area contributed by atoms with E-state index in [1.54, 1.807) is 24.5 Å². The van der Waals surface area contributed by atoms with Crippen molar-refractivity contribution >= 4 is 28.6 Å². The molecule has 2 aromatic heterocycles. The Hall–Kier alpha value is -3.20. The van der Waals surface area contributed by atoms with Crippen molar-refractivity contribution in [2.24, 2.45) is 10.1 Å². The zero-order valence-corrected chi connectivity index (χ0v) is 14.4. The molecule has 136 valence electrons. The Morgan fingerprint density at radius 3 is 2.67 bits per heavy atom. The number of fused-ring (bicyclic) bond motifs is 1. The highest BCUT2D eigenvalue weighted by Gasteiger charge is 2.31. The average Bonchev–Trinajstić information content (AvgIpc) is 3.10. The molecule has 0 radical (unpaired) electrons. The summed E-state index contributed by atoms with van der Waals surface area (Å²) in [5, 5.41) is 6.28. The van der Waals surface area contributed by atoms with Gasteiger partial charge in [-0.05, 0) is 41.8 Å². The summed E-state index contributed by atoms with van der Waals surface area (Å²) in [6.45, 7) is 0. The van der Waals surface area contributed by atoms with Gasteiger partial charge < -0.3 is 4.74 Å². The molecule has 0 saturated carbocycles. The van der Waals surface area contributed by atoms with E-state index in [2.05, 4.69) is 25.2 Å². The third kappa shape index (κ3) is 3.82. The fourth-order valence-corrected chi connectivity index (χ4v) is 3.22. The number of hydrogen-bond acceptors (Lipinski definition) is 6. The van der Waals surface area contributed by atoms with Gasteiger partial charge in [0.05, 0.1) is 10.6 Å². The van der Waals surface area contributed by atoms with Crippen molar-refractivity contribution in [3.63, 3.8) is 0 Å². The number of alkyl halides is 3. The molecular formula is C18H11F3N4OS. The molecule has 1 N–H and O–H groups in total. The molecule has 9 heteroatoms. The lowest BCUT2D eigenvalue weighted by Gasteiger charge is -2.12. The zero-order valence-electron chi connectivity index (χ0n) is 13.6. The number of benzene rings is 1. The highest BCUT2D eigenvalue weighted by molar-refractivity contribution is 7.12. The summed E-state index contributed by atoms with van der Waals surface area (Å²) in [4.78, 5) is 9.45. The lowest BCUT2D eigenvalue weighted by molar-refractivity contribution is -0.274. The van der Waals surface area contributed by atoms with Crippen molar-refractivity contribution in [2.75, 3.05) is 0 Å². The van der Waals surface area contributed by atoms with Crippen LogP contribution in [0.1, 0.15) is 16.0 Å². The summed E-state index contributed by atoms with van der Waals surface area (Å²) in [7, 11) is 0. The average molecular weight is 388 g/mol. The first kappa shape index (κ1) is 17.2. The van der Waals surface area contributed by atoms with Crippen LogP contribution in [0, 0.1) is 0 Å². The van der Waals surface area contributed by atoms with Gasteiger partial charge in [-0.1, -0.05) is 6.07 Å². The molecule has 3 aromatic rings. The normalized spacial score (nSPS) is 13.7. The van der Waals surface area contributed by atoms with Gasteiger partial charge in [-0.3, -0.25) is 10.4 Å². The summed E-state index contributed by atoms with van der Waals surface area (Å²) in [5.41, 5.74) is 4.84. The maximum atomic E-state index is 12.6. The molecule has 0 atom stereocenters. The van der Waals surface area contributed by atoms with E-state index in [0.717, 1.165) is 4.88 Å². The van der Waals surface area contributed by atoms with Crippen LogP contribution in [0.25, 0.3) is 0 Å². The first-order valence-electron chi connectivity index (χ1n) is 7.76. The van der Waals surface area contributed by atoms with Gasteiger partial charge in [0.25, 0.3) is 0 Å². The number of amidine groups is 1. The van der Waals surface area contributed by atoms with Crippen LogP contribution in [-0.2, 0) is 0 Å². The number of rotatable bonds is 3. The molecule has 0 aliphatic carbocycles. The summed E-state index contributed by atoms with van der Waals surface area (Å²) in [5.74, 6) is 0.169. The van der Waals surface area contributed by atoms with Gasteiger partial charge in [0, 0.05) is 23.5 Å². The number of nitrogens with zero attached hydrogens (tertiary/aromatic N) is 3. The van der Waals surface area contributed by atoms with E-state index in [1.165, 1.54) is 29.5 Å². The molecule has 0 unspecified atom stereocenters. The summed E-state index contributed by atoms with van der Waals surface area (Å²) in [6.07, 6.45) is -1.60. The van der Waals surface area contributed by atoms with Crippen LogP contribution in [0.2, 0.25) is 0 Å². The number of aliphatic imine (C=N–C) groups is 1. The van der Waals surface area contributed by atoms with Crippen LogP contribution in [0.4, 0.5) is 18.9 Å². The number of nitrogens with one attached hydrogen (secondary N) is 1. The van der Waals surface area contributed by atoms with E-state index in [0.29, 0.717) is 28.4 Å². The van der Waals surface area contributed by atoms with Crippen molar-refractivity contribution in [1.29, 1.82) is 0 Å². The number of ether oxygens (including phenoxy) is 1. The minimum Gasteiger partial charge on any atom is -0.406 e. The van der Waals surface area contributed by atoms with Crippen molar-refractivity contribution in [1.82, 2.24) is 10.4 Å². The summed E-state index contributed by atoms with van der Waals surface area (Å²) < 4.78 is 41.9. The third-order valence-electron chi connectivity index (χ3n) is 3.65. The molecule has 3 heterocycles. The molecule has 5 nitrogen and oxygen atoms in total. The number of hydrogen-bond donors (Lipinski definition) is 1. The molecule has 1 aromatic carbocycles. The second-order valence-corrected chi connectivity index (χ2v) is 6.43. The van der Waals surface area contributed by atoms with Gasteiger partial charge in [0.1, 0.15) is 11.5 Å². The molecule has 0 fully saturated rings. The molecule has 4 rings (SSSR count). The Bertz CT molecular complexity index is 1010. The Balaban J connectivity index is 1.85. The van der Waals surface area contributed by atoms with E-state index >= 15 is 0 Å². The molecule has 0 bridgehead atoms. The van der Waals surface area contributed by atoms with E-state index in [-0.39, 0.29) is 5.75 Å². The quantitative estimate of drug-likeness (QED) is 0.720. The van der Waals surface area contributed by atoms with Crippen molar-refractivity contribution in [3.8, 4) is 5.75 Å². The Morgan fingerprint density at radius 2 is 1.96 bits per heavy atom. The number of pyridine rings is 1. The minimum atomic E-state index is -4.78. The number of hydrazone groups is 1. The minimum absolute atomic E-state index is 0.340. The van der Waals surface area contributed by atoms with E-state index in [4.69, 9.17) is 0 Å². The first-order valence-corrected chi connectivity index (χ1v) is 8.64. The molecule has 27 heavy (non-hydrogen) atoms. The zero-order chi connectivity index (χ0) is 18.9.